The third-order valence-corrected chi connectivity index (χ3v) is 5.04. The quantitative estimate of drug-likeness (QED) is 0.896. The Labute approximate surface area is 131 Å². The number of aliphatic hydroxyl groups is 1. The highest BCUT2D eigenvalue weighted by Crippen LogP contribution is 2.27. The highest BCUT2D eigenvalue weighted by molar-refractivity contribution is 5.66. The number of rotatable bonds is 4. The maximum absolute atomic E-state index is 13.0. The molecule has 3 rings (SSSR count). The molecule has 0 aliphatic carbocycles. The van der Waals surface area contributed by atoms with Crippen LogP contribution in [-0.4, -0.2) is 48.8 Å². The molecule has 1 aromatic rings. The van der Waals surface area contributed by atoms with Crippen molar-refractivity contribution in [3.05, 3.63) is 41.7 Å². The first-order valence-electron chi connectivity index (χ1n) is 8.28. The van der Waals surface area contributed by atoms with Crippen molar-refractivity contribution >= 4 is 5.57 Å². The van der Waals surface area contributed by atoms with Crippen molar-refractivity contribution in [2.45, 2.75) is 25.3 Å². The lowest BCUT2D eigenvalue weighted by Crippen LogP contribution is -2.48. The van der Waals surface area contributed by atoms with E-state index in [1.54, 1.807) is 0 Å². The van der Waals surface area contributed by atoms with Crippen molar-refractivity contribution in [2.75, 3.05) is 32.8 Å². The van der Waals surface area contributed by atoms with Gasteiger partial charge in [-0.15, -0.1) is 0 Å². The molecular weight excluding hydrogens is 279 g/mol. The molecule has 1 fully saturated rings. The fourth-order valence-electron chi connectivity index (χ4n) is 3.70. The smallest absolute Gasteiger partial charge is 0.123 e. The molecule has 2 aliphatic rings. The van der Waals surface area contributed by atoms with Crippen molar-refractivity contribution < 1.29 is 9.50 Å². The van der Waals surface area contributed by atoms with E-state index < -0.39 is 0 Å². The van der Waals surface area contributed by atoms with Gasteiger partial charge < -0.3 is 10.4 Å². The summed E-state index contributed by atoms with van der Waals surface area (Å²) in [6.07, 6.45) is 5.50. The van der Waals surface area contributed by atoms with E-state index in [2.05, 4.69) is 16.3 Å². The molecule has 0 bridgehead atoms. The summed E-state index contributed by atoms with van der Waals surface area (Å²) in [7, 11) is 0. The third kappa shape index (κ3) is 3.57. The van der Waals surface area contributed by atoms with Crippen LogP contribution in [0.25, 0.3) is 5.57 Å². The van der Waals surface area contributed by atoms with Crippen LogP contribution in [0.2, 0.25) is 0 Å². The SMILES string of the molecule is OCC(C1CCNCC1)N1CC=C(c2ccc(F)cc2)CC1. The number of aliphatic hydroxyl groups excluding tert-OH is 1. The zero-order chi connectivity index (χ0) is 15.4. The highest BCUT2D eigenvalue weighted by atomic mass is 19.1. The van der Waals surface area contributed by atoms with Crippen molar-refractivity contribution in [1.29, 1.82) is 0 Å². The molecule has 22 heavy (non-hydrogen) atoms. The number of nitrogens with one attached hydrogen (secondary N) is 1. The average molecular weight is 304 g/mol. The van der Waals surface area contributed by atoms with Crippen molar-refractivity contribution in [1.82, 2.24) is 10.2 Å². The molecule has 0 spiro atoms. The van der Waals surface area contributed by atoms with Gasteiger partial charge in [-0.25, -0.2) is 4.39 Å². The van der Waals surface area contributed by atoms with Crippen LogP contribution >= 0.6 is 0 Å². The van der Waals surface area contributed by atoms with Gasteiger partial charge in [0.15, 0.2) is 0 Å². The molecule has 3 nitrogen and oxygen atoms in total. The van der Waals surface area contributed by atoms with Crippen LogP contribution in [0.3, 0.4) is 0 Å². The van der Waals surface area contributed by atoms with Crippen LogP contribution < -0.4 is 5.32 Å². The number of halogens is 1. The van der Waals surface area contributed by atoms with E-state index >= 15 is 0 Å². The van der Waals surface area contributed by atoms with Gasteiger partial charge in [-0.05, 0) is 61.5 Å². The van der Waals surface area contributed by atoms with Gasteiger partial charge in [0.25, 0.3) is 0 Å². The first kappa shape index (κ1) is 15.7. The summed E-state index contributed by atoms with van der Waals surface area (Å²) < 4.78 is 13.0. The maximum atomic E-state index is 13.0. The third-order valence-electron chi connectivity index (χ3n) is 5.04. The van der Waals surface area contributed by atoms with E-state index in [9.17, 15) is 9.50 Å². The van der Waals surface area contributed by atoms with Gasteiger partial charge in [-0.3, -0.25) is 4.90 Å². The fraction of sp³-hybridized carbons (Fsp3) is 0.556. The number of piperidine rings is 1. The molecule has 0 aromatic heterocycles. The molecule has 0 amide bonds. The van der Waals surface area contributed by atoms with Crippen molar-refractivity contribution in [3.8, 4) is 0 Å². The molecule has 1 saturated heterocycles. The van der Waals surface area contributed by atoms with E-state index in [4.69, 9.17) is 0 Å². The minimum absolute atomic E-state index is 0.187. The standard InChI is InChI=1S/C18H25FN2O/c19-17-3-1-14(2-4-17)15-7-11-21(12-8-15)18(13-22)16-5-9-20-10-6-16/h1-4,7,16,18,20,22H,5-6,8-13H2. The van der Waals surface area contributed by atoms with Crippen LogP contribution in [0.15, 0.2) is 30.3 Å². The van der Waals surface area contributed by atoms with Crippen LogP contribution in [-0.2, 0) is 0 Å². The fourth-order valence-corrected chi connectivity index (χ4v) is 3.70. The van der Waals surface area contributed by atoms with Gasteiger partial charge in [0.05, 0.1) is 6.61 Å². The van der Waals surface area contributed by atoms with E-state index in [1.165, 1.54) is 17.7 Å². The Kier molecular flexibility index (Phi) is 5.24. The summed E-state index contributed by atoms with van der Waals surface area (Å²) >= 11 is 0. The lowest BCUT2D eigenvalue weighted by Gasteiger charge is -2.39. The van der Waals surface area contributed by atoms with Gasteiger partial charge >= 0.3 is 0 Å². The van der Waals surface area contributed by atoms with Gasteiger partial charge in [0.1, 0.15) is 5.82 Å². The minimum atomic E-state index is -0.187. The monoisotopic (exact) mass is 304 g/mol. The molecule has 2 aliphatic heterocycles. The molecular formula is C18H25FN2O. The Morgan fingerprint density at radius 2 is 1.95 bits per heavy atom. The molecule has 0 radical (unpaired) electrons. The van der Waals surface area contributed by atoms with E-state index in [-0.39, 0.29) is 18.5 Å². The van der Waals surface area contributed by atoms with E-state index in [1.807, 2.05) is 12.1 Å². The normalized spacial score (nSPS) is 22.4. The Morgan fingerprint density at radius 1 is 1.23 bits per heavy atom. The number of benzene rings is 1. The summed E-state index contributed by atoms with van der Waals surface area (Å²) in [4.78, 5) is 2.41. The lowest BCUT2D eigenvalue weighted by molar-refractivity contribution is 0.0749. The lowest BCUT2D eigenvalue weighted by atomic mass is 9.88. The van der Waals surface area contributed by atoms with Crippen LogP contribution in [0.5, 0.6) is 0 Å². The molecule has 0 saturated carbocycles. The number of hydrogen-bond acceptors (Lipinski definition) is 3. The summed E-state index contributed by atoms with van der Waals surface area (Å²) in [5.74, 6) is 0.403. The topological polar surface area (TPSA) is 35.5 Å². The molecule has 2 N–H and O–H groups in total. The largest absolute Gasteiger partial charge is 0.395 e. The molecule has 1 atom stereocenters. The Bertz CT molecular complexity index is 508. The Balaban J connectivity index is 1.65. The van der Waals surface area contributed by atoms with Crippen LogP contribution in [0.4, 0.5) is 4.39 Å². The number of hydrogen-bond donors (Lipinski definition) is 2. The summed E-state index contributed by atoms with van der Waals surface area (Å²) in [5.41, 5.74) is 2.40. The summed E-state index contributed by atoms with van der Waals surface area (Å²) in [6.45, 7) is 4.21. The Hall–Kier alpha value is -1.23. The minimum Gasteiger partial charge on any atom is -0.395 e. The van der Waals surface area contributed by atoms with Crippen molar-refractivity contribution in [3.63, 3.8) is 0 Å². The zero-order valence-corrected chi connectivity index (χ0v) is 13.0. The number of nitrogens with zero attached hydrogens (tertiary/aromatic N) is 1. The second kappa shape index (κ2) is 7.36. The highest BCUT2D eigenvalue weighted by Gasteiger charge is 2.29. The van der Waals surface area contributed by atoms with E-state index in [0.717, 1.165) is 51.0 Å². The van der Waals surface area contributed by atoms with Gasteiger partial charge in [0, 0.05) is 19.1 Å². The van der Waals surface area contributed by atoms with Gasteiger partial charge in [-0.1, -0.05) is 18.2 Å². The first-order chi connectivity index (χ1) is 10.8. The predicted molar refractivity (Wildman–Crippen MR) is 87.0 cm³/mol. The van der Waals surface area contributed by atoms with Crippen LogP contribution in [0.1, 0.15) is 24.8 Å². The van der Waals surface area contributed by atoms with Gasteiger partial charge in [-0.2, -0.15) is 0 Å². The van der Waals surface area contributed by atoms with Gasteiger partial charge in [0.2, 0.25) is 0 Å². The zero-order valence-electron chi connectivity index (χ0n) is 13.0. The Morgan fingerprint density at radius 3 is 2.55 bits per heavy atom. The van der Waals surface area contributed by atoms with Crippen molar-refractivity contribution in [2.24, 2.45) is 5.92 Å². The molecule has 1 aromatic carbocycles. The molecule has 2 heterocycles. The second-order valence-corrected chi connectivity index (χ2v) is 6.32. The maximum Gasteiger partial charge on any atom is 0.123 e. The molecule has 1 unspecified atom stereocenters. The second-order valence-electron chi connectivity index (χ2n) is 6.32. The predicted octanol–water partition coefficient (Wildman–Crippen LogP) is 2.28. The summed E-state index contributed by atoms with van der Waals surface area (Å²) in [6, 6.07) is 7.02. The molecule has 120 valence electrons. The molecule has 4 heteroatoms. The summed E-state index contributed by atoms with van der Waals surface area (Å²) in [5, 5.41) is 13.2. The average Bonchev–Trinajstić information content (AvgIpc) is 2.58. The van der Waals surface area contributed by atoms with Crippen LogP contribution in [0, 0.1) is 11.7 Å². The first-order valence-corrected chi connectivity index (χ1v) is 8.28. The van der Waals surface area contributed by atoms with E-state index in [0.29, 0.717) is 5.92 Å².